The van der Waals surface area contributed by atoms with Crippen molar-refractivity contribution in [3.8, 4) is 0 Å². The molecule has 1 saturated heterocycles. The van der Waals surface area contributed by atoms with Gasteiger partial charge in [-0.25, -0.2) is 0 Å². The minimum absolute atomic E-state index is 0.0543. The average Bonchev–Trinajstić information content (AvgIpc) is 3.36. The van der Waals surface area contributed by atoms with E-state index in [1.165, 1.54) is 26.1 Å². The lowest BCUT2D eigenvalue weighted by molar-refractivity contribution is 0.255. The van der Waals surface area contributed by atoms with Gasteiger partial charge in [0.2, 0.25) is 0 Å². The number of aliphatic imine (C=N–C) groups is 1. The van der Waals surface area contributed by atoms with Crippen molar-refractivity contribution in [2.75, 3.05) is 5.75 Å². The highest BCUT2D eigenvalue weighted by atomic mass is 32.2. The number of thioether (sulfide) groups is 1. The molecule has 0 bridgehead atoms. The number of hydrogen-bond acceptors (Lipinski definition) is 5. The molecule has 0 unspecified atom stereocenters. The fourth-order valence-electron chi connectivity index (χ4n) is 4.19. The van der Waals surface area contributed by atoms with Crippen molar-refractivity contribution in [2.24, 2.45) is 4.99 Å². The first-order valence-corrected chi connectivity index (χ1v) is 12.3. The van der Waals surface area contributed by atoms with E-state index in [4.69, 9.17) is 4.99 Å². The molecule has 3 nitrogen and oxygen atoms in total. The molecule has 0 saturated carbocycles. The summed E-state index contributed by atoms with van der Waals surface area (Å²) in [5.74, 6) is 1.13. The normalized spacial score (nSPS) is 22.8. The highest BCUT2D eigenvalue weighted by molar-refractivity contribution is 8.14. The van der Waals surface area contributed by atoms with Crippen LogP contribution in [0.3, 0.4) is 0 Å². The number of rotatable bonds is 5. The van der Waals surface area contributed by atoms with E-state index in [0.717, 1.165) is 17.9 Å². The molecular formula is C25H25N3S2. The molecule has 0 aliphatic carbocycles. The van der Waals surface area contributed by atoms with Gasteiger partial charge in [0.25, 0.3) is 0 Å². The van der Waals surface area contributed by atoms with Crippen molar-refractivity contribution in [3.63, 3.8) is 0 Å². The van der Waals surface area contributed by atoms with Gasteiger partial charge in [-0.2, -0.15) is 0 Å². The van der Waals surface area contributed by atoms with Crippen LogP contribution in [0.15, 0.2) is 87.7 Å². The molecule has 5 rings (SSSR count). The van der Waals surface area contributed by atoms with Gasteiger partial charge in [0.05, 0.1) is 11.7 Å². The molecule has 3 heterocycles. The third kappa shape index (κ3) is 3.77. The van der Waals surface area contributed by atoms with Crippen LogP contribution in [-0.4, -0.2) is 26.8 Å². The van der Waals surface area contributed by atoms with Gasteiger partial charge in [-0.05, 0) is 55.3 Å². The van der Waals surface area contributed by atoms with E-state index < -0.39 is 0 Å². The summed E-state index contributed by atoms with van der Waals surface area (Å²) in [6, 6.07) is 24.7. The average molecular weight is 432 g/mol. The zero-order chi connectivity index (χ0) is 20.5. The summed E-state index contributed by atoms with van der Waals surface area (Å²) in [5.41, 5.74) is 3.66. The smallest absolute Gasteiger partial charge is 0.160 e. The van der Waals surface area contributed by atoms with E-state index in [-0.39, 0.29) is 12.1 Å². The van der Waals surface area contributed by atoms with Crippen molar-refractivity contribution in [3.05, 3.63) is 89.7 Å². The second-order valence-electron chi connectivity index (χ2n) is 7.82. The molecular weight excluding hydrogens is 406 g/mol. The molecule has 0 radical (unpaired) electrons. The number of hydrogen-bond donors (Lipinski definition) is 0. The standard InChI is InChI=1S/C25H25N3S2/c1-3-19-16-29-25-27-23(22-6-4-5-15-26-22)24(28(19)25)18-9-13-21(14-10-18)30-20-11-7-17(2)8-12-20/h4-15,19,23-24H,3,16H2,1-2H3/t19-,23-,24+/m1/s1. The van der Waals surface area contributed by atoms with Crippen molar-refractivity contribution in [2.45, 2.75) is 48.2 Å². The van der Waals surface area contributed by atoms with Crippen molar-refractivity contribution >= 4 is 28.7 Å². The van der Waals surface area contributed by atoms with Crippen LogP contribution in [0.25, 0.3) is 0 Å². The second kappa shape index (κ2) is 8.48. The first-order valence-electron chi connectivity index (χ1n) is 10.5. The van der Waals surface area contributed by atoms with Crippen LogP contribution < -0.4 is 0 Å². The van der Waals surface area contributed by atoms with Gasteiger partial charge in [0.15, 0.2) is 5.17 Å². The number of benzene rings is 2. The topological polar surface area (TPSA) is 28.5 Å². The van der Waals surface area contributed by atoms with Crippen LogP contribution >= 0.6 is 23.5 Å². The van der Waals surface area contributed by atoms with Crippen molar-refractivity contribution in [1.29, 1.82) is 0 Å². The molecule has 1 aromatic heterocycles. The van der Waals surface area contributed by atoms with E-state index in [0.29, 0.717) is 6.04 Å². The fraction of sp³-hybridized carbons (Fsp3) is 0.280. The Morgan fingerprint density at radius 1 is 1.00 bits per heavy atom. The second-order valence-corrected chi connectivity index (χ2v) is 9.95. The van der Waals surface area contributed by atoms with Gasteiger partial charge in [0, 0.05) is 27.8 Å². The number of nitrogens with zero attached hydrogens (tertiary/aromatic N) is 3. The maximum absolute atomic E-state index is 5.11. The molecule has 2 aromatic carbocycles. The summed E-state index contributed by atoms with van der Waals surface area (Å²) in [4.78, 5) is 14.8. The Balaban J connectivity index is 1.44. The Morgan fingerprint density at radius 3 is 2.40 bits per heavy atom. The third-order valence-corrected chi connectivity index (χ3v) is 7.95. The Labute approximate surface area is 187 Å². The van der Waals surface area contributed by atoms with Crippen LogP contribution in [0.2, 0.25) is 0 Å². The van der Waals surface area contributed by atoms with Crippen LogP contribution in [0.4, 0.5) is 0 Å². The van der Waals surface area contributed by atoms with Gasteiger partial charge >= 0.3 is 0 Å². The Kier molecular flexibility index (Phi) is 5.57. The summed E-state index contributed by atoms with van der Waals surface area (Å²) in [6.07, 6.45) is 3.01. The number of aromatic nitrogens is 1. The molecule has 3 aromatic rings. The molecule has 5 heteroatoms. The van der Waals surface area contributed by atoms with E-state index in [1.807, 2.05) is 35.8 Å². The lowest BCUT2D eigenvalue weighted by Gasteiger charge is -2.32. The minimum atomic E-state index is 0.0543. The molecule has 2 aliphatic rings. The van der Waals surface area contributed by atoms with Gasteiger partial charge in [0.1, 0.15) is 6.04 Å². The summed E-state index contributed by atoms with van der Waals surface area (Å²) >= 11 is 3.70. The molecule has 3 atom stereocenters. The molecule has 152 valence electrons. The summed E-state index contributed by atoms with van der Waals surface area (Å²) in [5, 5.41) is 1.18. The van der Waals surface area contributed by atoms with Crippen LogP contribution in [0.1, 0.15) is 42.2 Å². The van der Waals surface area contributed by atoms with Gasteiger partial charge < -0.3 is 4.90 Å². The predicted octanol–water partition coefficient (Wildman–Crippen LogP) is 6.52. The SMILES string of the molecule is CC[C@@H]1CSC2=N[C@H](c3ccccn3)[C@H](c3ccc(Sc4ccc(C)cc4)cc3)N21. The van der Waals surface area contributed by atoms with Crippen LogP contribution in [0.5, 0.6) is 0 Å². The fourth-order valence-corrected chi connectivity index (χ4v) is 6.34. The number of amidine groups is 1. The van der Waals surface area contributed by atoms with E-state index in [1.54, 1.807) is 0 Å². The molecule has 0 N–H and O–H groups in total. The van der Waals surface area contributed by atoms with Crippen molar-refractivity contribution < 1.29 is 0 Å². The number of aryl methyl sites for hydroxylation is 1. The summed E-state index contributed by atoms with van der Waals surface area (Å²) in [7, 11) is 0. The third-order valence-electron chi connectivity index (χ3n) is 5.81. The molecule has 0 amide bonds. The molecule has 0 spiro atoms. The maximum Gasteiger partial charge on any atom is 0.160 e. The van der Waals surface area contributed by atoms with Crippen LogP contribution in [0, 0.1) is 6.92 Å². The Hall–Kier alpha value is -2.24. The van der Waals surface area contributed by atoms with Gasteiger partial charge in [-0.15, -0.1) is 0 Å². The first kappa shape index (κ1) is 19.7. The minimum Gasteiger partial charge on any atom is -0.338 e. The van der Waals surface area contributed by atoms with Gasteiger partial charge in [-0.1, -0.05) is 66.3 Å². The van der Waals surface area contributed by atoms with Gasteiger partial charge in [-0.3, -0.25) is 9.98 Å². The molecule has 30 heavy (non-hydrogen) atoms. The Bertz CT molecular complexity index is 1030. The summed E-state index contributed by atoms with van der Waals surface area (Å²) in [6.45, 7) is 4.40. The number of fused-ring (bicyclic) bond motifs is 1. The lowest BCUT2D eigenvalue weighted by Crippen LogP contribution is -2.35. The number of pyridine rings is 1. The quantitative estimate of drug-likeness (QED) is 0.460. The predicted molar refractivity (Wildman–Crippen MR) is 127 cm³/mol. The molecule has 2 aliphatic heterocycles. The lowest BCUT2D eigenvalue weighted by atomic mass is 9.95. The molecule has 1 fully saturated rings. The Morgan fingerprint density at radius 2 is 1.73 bits per heavy atom. The van der Waals surface area contributed by atoms with Crippen LogP contribution in [-0.2, 0) is 0 Å². The first-order chi connectivity index (χ1) is 14.7. The van der Waals surface area contributed by atoms with Crippen molar-refractivity contribution in [1.82, 2.24) is 9.88 Å². The zero-order valence-corrected chi connectivity index (χ0v) is 18.9. The highest BCUT2D eigenvalue weighted by Crippen LogP contribution is 2.48. The van der Waals surface area contributed by atoms with E-state index >= 15 is 0 Å². The van der Waals surface area contributed by atoms with E-state index in [2.05, 4.69) is 84.4 Å². The zero-order valence-electron chi connectivity index (χ0n) is 17.2. The highest BCUT2D eigenvalue weighted by Gasteiger charge is 2.45. The summed E-state index contributed by atoms with van der Waals surface area (Å²) < 4.78 is 0. The monoisotopic (exact) mass is 431 g/mol. The maximum atomic E-state index is 5.11. The largest absolute Gasteiger partial charge is 0.338 e. The van der Waals surface area contributed by atoms with E-state index in [9.17, 15) is 0 Å².